The minimum Gasteiger partial charge on any atom is -0.495 e. The lowest BCUT2D eigenvalue weighted by Gasteiger charge is -2.09. The second kappa shape index (κ2) is 6.11. The van der Waals surface area contributed by atoms with Gasteiger partial charge in [-0.1, -0.05) is 0 Å². The standard InChI is InChI=1S/C13H15BrN2OS/c1-17-12-8-9(2-4-11(12)15)16-7-6-10-3-5-13(14)18-10/h2-5,8,16H,6-7,15H2,1H3. The van der Waals surface area contributed by atoms with Crippen molar-refractivity contribution in [3.05, 3.63) is 39.0 Å². The third-order valence-corrected chi connectivity index (χ3v) is 4.25. The maximum Gasteiger partial charge on any atom is 0.143 e. The first-order chi connectivity index (χ1) is 8.69. The van der Waals surface area contributed by atoms with Gasteiger partial charge in [-0.15, -0.1) is 11.3 Å². The zero-order valence-electron chi connectivity index (χ0n) is 10.1. The van der Waals surface area contributed by atoms with E-state index in [-0.39, 0.29) is 0 Å². The predicted molar refractivity (Wildman–Crippen MR) is 81.6 cm³/mol. The van der Waals surface area contributed by atoms with Crippen LogP contribution in [0.1, 0.15) is 4.88 Å². The van der Waals surface area contributed by atoms with E-state index in [0.29, 0.717) is 11.4 Å². The zero-order chi connectivity index (χ0) is 13.0. The number of nitrogens with one attached hydrogen (secondary N) is 1. The van der Waals surface area contributed by atoms with E-state index in [9.17, 15) is 0 Å². The third kappa shape index (κ3) is 3.40. The summed E-state index contributed by atoms with van der Waals surface area (Å²) in [6.45, 7) is 0.889. The summed E-state index contributed by atoms with van der Waals surface area (Å²) in [7, 11) is 1.62. The molecule has 18 heavy (non-hydrogen) atoms. The monoisotopic (exact) mass is 326 g/mol. The van der Waals surface area contributed by atoms with Crippen LogP contribution in [0.4, 0.5) is 11.4 Å². The molecule has 0 aliphatic heterocycles. The lowest BCUT2D eigenvalue weighted by Crippen LogP contribution is -2.04. The number of benzene rings is 1. The maximum atomic E-state index is 5.77. The quantitative estimate of drug-likeness (QED) is 0.822. The fourth-order valence-corrected chi connectivity index (χ4v) is 3.12. The van der Waals surface area contributed by atoms with Crippen LogP contribution in [0.3, 0.4) is 0 Å². The van der Waals surface area contributed by atoms with Crippen molar-refractivity contribution < 1.29 is 4.74 Å². The van der Waals surface area contributed by atoms with Crippen molar-refractivity contribution in [2.24, 2.45) is 0 Å². The number of rotatable bonds is 5. The maximum absolute atomic E-state index is 5.77. The first-order valence-electron chi connectivity index (χ1n) is 5.60. The molecule has 0 bridgehead atoms. The highest BCUT2D eigenvalue weighted by molar-refractivity contribution is 9.11. The van der Waals surface area contributed by atoms with Crippen LogP contribution in [-0.4, -0.2) is 13.7 Å². The molecule has 0 atom stereocenters. The second-order valence-electron chi connectivity index (χ2n) is 3.84. The second-order valence-corrected chi connectivity index (χ2v) is 6.39. The van der Waals surface area contributed by atoms with E-state index < -0.39 is 0 Å². The number of thiophene rings is 1. The smallest absolute Gasteiger partial charge is 0.143 e. The lowest BCUT2D eigenvalue weighted by molar-refractivity contribution is 0.417. The number of nitrogen functional groups attached to an aromatic ring is 1. The zero-order valence-corrected chi connectivity index (χ0v) is 12.5. The molecule has 2 rings (SSSR count). The number of anilines is 2. The fraction of sp³-hybridized carbons (Fsp3) is 0.231. The van der Waals surface area contributed by atoms with Gasteiger partial charge in [-0.2, -0.15) is 0 Å². The van der Waals surface area contributed by atoms with Crippen LogP contribution in [0.2, 0.25) is 0 Å². The van der Waals surface area contributed by atoms with Crippen molar-refractivity contribution in [2.75, 3.05) is 24.7 Å². The molecule has 0 amide bonds. The molecule has 0 saturated carbocycles. The average Bonchev–Trinajstić information content (AvgIpc) is 2.77. The largest absolute Gasteiger partial charge is 0.495 e. The van der Waals surface area contributed by atoms with Gasteiger partial charge in [0.05, 0.1) is 16.6 Å². The summed E-state index contributed by atoms with van der Waals surface area (Å²) in [5.74, 6) is 0.707. The van der Waals surface area contributed by atoms with Gasteiger partial charge in [0, 0.05) is 23.2 Å². The highest BCUT2D eigenvalue weighted by Gasteiger charge is 2.01. The number of halogens is 1. The van der Waals surface area contributed by atoms with E-state index in [4.69, 9.17) is 10.5 Å². The molecule has 0 unspecified atom stereocenters. The summed E-state index contributed by atoms with van der Waals surface area (Å²) >= 11 is 5.23. The molecule has 0 aliphatic carbocycles. The number of ether oxygens (including phenoxy) is 1. The van der Waals surface area contributed by atoms with E-state index in [2.05, 4.69) is 33.4 Å². The summed E-state index contributed by atoms with van der Waals surface area (Å²) in [6.07, 6.45) is 1.00. The SMILES string of the molecule is COc1cc(NCCc2ccc(Br)s2)ccc1N. The van der Waals surface area contributed by atoms with Gasteiger partial charge >= 0.3 is 0 Å². The summed E-state index contributed by atoms with van der Waals surface area (Å²) in [4.78, 5) is 1.36. The van der Waals surface area contributed by atoms with Crippen LogP contribution in [-0.2, 0) is 6.42 Å². The number of nitrogens with two attached hydrogens (primary N) is 1. The van der Waals surface area contributed by atoms with E-state index >= 15 is 0 Å². The number of hydrogen-bond donors (Lipinski definition) is 2. The van der Waals surface area contributed by atoms with Crippen LogP contribution < -0.4 is 15.8 Å². The van der Waals surface area contributed by atoms with E-state index in [1.807, 2.05) is 18.2 Å². The minimum absolute atomic E-state index is 0.658. The molecule has 5 heteroatoms. The van der Waals surface area contributed by atoms with Crippen LogP contribution in [0.5, 0.6) is 5.75 Å². The first kappa shape index (κ1) is 13.2. The predicted octanol–water partition coefficient (Wildman–Crippen LogP) is 3.76. The Labute approximate surface area is 119 Å². The summed E-state index contributed by atoms with van der Waals surface area (Å²) in [5, 5.41) is 3.36. The van der Waals surface area contributed by atoms with Gasteiger partial charge < -0.3 is 15.8 Å². The molecule has 96 valence electrons. The van der Waals surface area contributed by atoms with Gasteiger partial charge in [-0.25, -0.2) is 0 Å². The van der Waals surface area contributed by atoms with Crippen LogP contribution >= 0.6 is 27.3 Å². The Bertz CT molecular complexity index is 527. The lowest BCUT2D eigenvalue weighted by atomic mass is 10.2. The van der Waals surface area contributed by atoms with E-state index in [1.54, 1.807) is 18.4 Å². The molecule has 0 fully saturated rings. The van der Waals surface area contributed by atoms with Crippen LogP contribution in [0.15, 0.2) is 34.1 Å². The van der Waals surface area contributed by atoms with Crippen LogP contribution in [0, 0.1) is 0 Å². The van der Waals surface area contributed by atoms with Crippen molar-refractivity contribution in [3.63, 3.8) is 0 Å². The molecule has 1 aromatic heterocycles. The molecular formula is C13H15BrN2OS. The van der Waals surface area contributed by atoms with Gasteiger partial charge in [0.2, 0.25) is 0 Å². The molecule has 0 aliphatic rings. The molecule has 1 heterocycles. The summed E-state index contributed by atoms with van der Waals surface area (Å²) in [5.41, 5.74) is 7.45. The Morgan fingerprint density at radius 3 is 2.83 bits per heavy atom. The van der Waals surface area contributed by atoms with Gasteiger partial charge in [0.15, 0.2) is 0 Å². The highest BCUT2D eigenvalue weighted by Crippen LogP contribution is 2.25. The summed E-state index contributed by atoms with van der Waals surface area (Å²) in [6, 6.07) is 9.94. The molecule has 0 saturated heterocycles. The van der Waals surface area contributed by atoms with Crippen molar-refractivity contribution in [2.45, 2.75) is 6.42 Å². The topological polar surface area (TPSA) is 47.3 Å². The minimum atomic E-state index is 0.658. The Morgan fingerprint density at radius 1 is 1.33 bits per heavy atom. The van der Waals surface area contributed by atoms with Crippen molar-refractivity contribution in [1.29, 1.82) is 0 Å². The van der Waals surface area contributed by atoms with Gasteiger partial charge in [0.25, 0.3) is 0 Å². The molecule has 2 aromatic rings. The highest BCUT2D eigenvalue weighted by atomic mass is 79.9. The van der Waals surface area contributed by atoms with E-state index in [1.165, 1.54) is 8.66 Å². The molecule has 0 spiro atoms. The molecule has 0 radical (unpaired) electrons. The van der Waals surface area contributed by atoms with Gasteiger partial charge in [0.1, 0.15) is 5.75 Å². The average molecular weight is 327 g/mol. The molecule has 3 N–H and O–H groups in total. The normalized spacial score (nSPS) is 10.3. The number of hydrogen-bond acceptors (Lipinski definition) is 4. The molecule has 1 aromatic carbocycles. The summed E-state index contributed by atoms with van der Waals surface area (Å²) < 4.78 is 6.36. The Morgan fingerprint density at radius 2 is 2.17 bits per heavy atom. The Kier molecular flexibility index (Phi) is 4.49. The van der Waals surface area contributed by atoms with Crippen molar-refractivity contribution in [3.8, 4) is 5.75 Å². The van der Waals surface area contributed by atoms with Gasteiger partial charge in [-0.3, -0.25) is 0 Å². The molecular weight excluding hydrogens is 312 g/mol. The Hall–Kier alpha value is -1.20. The van der Waals surface area contributed by atoms with E-state index in [0.717, 1.165) is 18.7 Å². The molecule has 3 nitrogen and oxygen atoms in total. The number of methoxy groups -OCH3 is 1. The van der Waals surface area contributed by atoms with Crippen molar-refractivity contribution in [1.82, 2.24) is 0 Å². The third-order valence-electron chi connectivity index (χ3n) is 2.56. The fourth-order valence-electron chi connectivity index (χ4n) is 1.64. The van der Waals surface area contributed by atoms with Gasteiger partial charge in [-0.05, 0) is 46.6 Å². The Balaban J connectivity index is 1.90. The first-order valence-corrected chi connectivity index (χ1v) is 7.21. The van der Waals surface area contributed by atoms with Crippen LogP contribution in [0.25, 0.3) is 0 Å². The van der Waals surface area contributed by atoms with Crippen molar-refractivity contribution >= 4 is 38.6 Å².